The third-order valence-electron chi connectivity index (χ3n) is 4.11. The summed E-state index contributed by atoms with van der Waals surface area (Å²) in [5.41, 5.74) is 0. The quantitative estimate of drug-likeness (QED) is 0.800. The van der Waals surface area contributed by atoms with Crippen LogP contribution < -0.4 is 5.32 Å². The van der Waals surface area contributed by atoms with Crippen molar-refractivity contribution in [3.63, 3.8) is 0 Å². The zero-order valence-electron chi connectivity index (χ0n) is 13.0. The Labute approximate surface area is 146 Å². The number of carbonyl (C=O) groups excluding carboxylic acids is 1. The topological polar surface area (TPSA) is 44.8 Å². The standard InChI is InChI=1S/C13H22F3N3O2.2ClH/c1-10(13(14,15)16)18-3-5-19(6-4-18)12(20)8-11-9-21-7-2-17-11;;/h10-11,17H,2-9H2,1H3;2*1H. The lowest BCUT2D eigenvalue weighted by Gasteiger charge is -2.39. The van der Waals surface area contributed by atoms with Gasteiger partial charge in [0.1, 0.15) is 6.04 Å². The average molecular weight is 382 g/mol. The van der Waals surface area contributed by atoms with E-state index in [2.05, 4.69) is 5.32 Å². The lowest BCUT2D eigenvalue weighted by atomic mass is 10.1. The molecule has 5 nitrogen and oxygen atoms in total. The van der Waals surface area contributed by atoms with Gasteiger partial charge in [0.15, 0.2) is 0 Å². The Morgan fingerprint density at radius 1 is 1.26 bits per heavy atom. The van der Waals surface area contributed by atoms with E-state index in [-0.39, 0.29) is 49.9 Å². The van der Waals surface area contributed by atoms with E-state index in [4.69, 9.17) is 4.74 Å². The Balaban J connectivity index is 0.00000242. The lowest BCUT2D eigenvalue weighted by Crippen LogP contribution is -2.55. The first kappa shape index (κ1) is 22.7. The van der Waals surface area contributed by atoms with Crippen molar-refractivity contribution < 1.29 is 22.7 Å². The van der Waals surface area contributed by atoms with E-state index >= 15 is 0 Å². The fourth-order valence-electron chi connectivity index (χ4n) is 2.66. The fraction of sp³-hybridized carbons (Fsp3) is 0.923. The summed E-state index contributed by atoms with van der Waals surface area (Å²) < 4.78 is 43.3. The maximum absolute atomic E-state index is 12.7. The summed E-state index contributed by atoms with van der Waals surface area (Å²) in [5, 5.41) is 3.20. The summed E-state index contributed by atoms with van der Waals surface area (Å²) in [7, 11) is 0. The van der Waals surface area contributed by atoms with E-state index in [9.17, 15) is 18.0 Å². The molecule has 2 aliphatic rings. The number of ether oxygens (including phenoxy) is 1. The van der Waals surface area contributed by atoms with Gasteiger partial charge in [-0.05, 0) is 6.92 Å². The molecule has 1 amide bonds. The van der Waals surface area contributed by atoms with Crippen LogP contribution >= 0.6 is 24.8 Å². The molecule has 2 fully saturated rings. The maximum atomic E-state index is 12.7. The first-order valence-electron chi connectivity index (χ1n) is 7.27. The molecule has 23 heavy (non-hydrogen) atoms. The van der Waals surface area contributed by atoms with Crippen molar-refractivity contribution in [3.8, 4) is 0 Å². The molecule has 2 unspecified atom stereocenters. The van der Waals surface area contributed by atoms with Gasteiger partial charge in [0, 0.05) is 45.2 Å². The van der Waals surface area contributed by atoms with Crippen molar-refractivity contribution in [1.82, 2.24) is 15.1 Å². The molecule has 0 aromatic carbocycles. The fourth-order valence-corrected chi connectivity index (χ4v) is 2.66. The monoisotopic (exact) mass is 381 g/mol. The molecule has 2 atom stereocenters. The number of carbonyl (C=O) groups is 1. The van der Waals surface area contributed by atoms with Gasteiger partial charge in [0.05, 0.1) is 13.2 Å². The lowest BCUT2D eigenvalue weighted by molar-refractivity contribution is -0.183. The molecular formula is C13H24Cl2F3N3O2. The first-order chi connectivity index (χ1) is 9.88. The molecule has 2 heterocycles. The van der Waals surface area contributed by atoms with Gasteiger partial charge in [-0.1, -0.05) is 0 Å². The molecule has 10 heteroatoms. The second-order valence-corrected chi connectivity index (χ2v) is 5.56. The summed E-state index contributed by atoms with van der Waals surface area (Å²) >= 11 is 0. The Kier molecular flexibility index (Phi) is 9.76. The van der Waals surface area contributed by atoms with E-state index in [1.165, 1.54) is 11.8 Å². The van der Waals surface area contributed by atoms with Crippen molar-refractivity contribution in [2.24, 2.45) is 0 Å². The second-order valence-electron chi connectivity index (χ2n) is 5.56. The highest BCUT2D eigenvalue weighted by molar-refractivity contribution is 5.85. The van der Waals surface area contributed by atoms with Crippen LogP contribution in [0.5, 0.6) is 0 Å². The molecule has 138 valence electrons. The minimum absolute atomic E-state index is 0. The van der Waals surface area contributed by atoms with Gasteiger partial charge >= 0.3 is 6.18 Å². The van der Waals surface area contributed by atoms with Crippen LogP contribution in [-0.2, 0) is 9.53 Å². The van der Waals surface area contributed by atoms with Crippen LogP contribution in [-0.4, -0.2) is 79.9 Å². The molecule has 0 radical (unpaired) electrons. The molecule has 0 aliphatic carbocycles. The zero-order valence-corrected chi connectivity index (χ0v) is 14.6. The van der Waals surface area contributed by atoms with E-state index in [0.717, 1.165) is 6.54 Å². The number of morpholine rings is 1. The second kappa shape index (κ2) is 9.88. The maximum Gasteiger partial charge on any atom is 0.403 e. The van der Waals surface area contributed by atoms with E-state index < -0.39 is 12.2 Å². The minimum atomic E-state index is -4.21. The third-order valence-corrected chi connectivity index (χ3v) is 4.11. The van der Waals surface area contributed by atoms with Gasteiger partial charge in [-0.3, -0.25) is 9.69 Å². The summed E-state index contributed by atoms with van der Waals surface area (Å²) in [6.45, 7) is 4.30. The van der Waals surface area contributed by atoms with E-state index in [1.807, 2.05) is 0 Å². The molecule has 0 bridgehead atoms. The van der Waals surface area contributed by atoms with Crippen LogP contribution in [0.4, 0.5) is 13.2 Å². The number of hydrogen-bond donors (Lipinski definition) is 1. The van der Waals surface area contributed by atoms with Crippen molar-refractivity contribution in [3.05, 3.63) is 0 Å². The van der Waals surface area contributed by atoms with Crippen LogP contribution in [0, 0.1) is 0 Å². The normalized spacial score (nSPS) is 24.3. The zero-order chi connectivity index (χ0) is 15.5. The Morgan fingerprint density at radius 2 is 1.87 bits per heavy atom. The average Bonchev–Trinajstić information content (AvgIpc) is 2.46. The van der Waals surface area contributed by atoms with E-state index in [1.54, 1.807) is 4.90 Å². The van der Waals surface area contributed by atoms with Gasteiger partial charge in [0.25, 0.3) is 0 Å². The summed E-state index contributed by atoms with van der Waals surface area (Å²) in [6.07, 6.45) is -3.87. The third kappa shape index (κ3) is 6.62. The van der Waals surface area contributed by atoms with Gasteiger partial charge in [0.2, 0.25) is 5.91 Å². The summed E-state index contributed by atoms with van der Waals surface area (Å²) in [6, 6.07) is -1.44. The van der Waals surface area contributed by atoms with Gasteiger partial charge in [-0.15, -0.1) is 24.8 Å². The molecule has 0 aromatic heterocycles. The number of nitrogens with zero attached hydrogens (tertiary/aromatic N) is 2. The number of alkyl halides is 3. The molecule has 2 rings (SSSR count). The summed E-state index contributed by atoms with van der Waals surface area (Å²) in [4.78, 5) is 15.2. The number of amides is 1. The Hall–Kier alpha value is -0.280. The number of hydrogen-bond acceptors (Lipinski definition) is 4. The van der Waals surface area contributed by atoms with Crippen LogP contribution in [0.3, 0.4) is 0 Å². The molecule has 2 aliphatic heterocycles. The van der Waals surface area contributed by atoms with Crippen LogP contribution in [0.2, 0.25) is 0 Å². The highest BCUT2D eigenvalue weighted by Crippen LogP contribution is 2.25. The van der Waals surface area contributed by atoms with Crippen molar-refractivity contribution >= 4 is 30.7 Å². The molecule has 0 aromatic rings. The van der Waals surface area contributed by atoms with Crippen molar-refractivity contribution in [2.45, 2.75) is 31.6 Å². The number of halogens is 5. The number of piperazine rings is 1. The van der Waals surface area contributed by atoms with Crippen LogP contribution in [0.1, 0.15) is 13.3 Å². The molecule has 2 saturated heterocycles. The van der Waals surface area contributed by atoms with Crippen molar-refractivity contribution in [2.75, 3.05) is 45.9 Å². The predicted molar refractivity (Wildman–Crippen MR) is 85.4 cm³/mol. The minimum Gasteiger partial charge on any atom is -0.378 e. The summed E-state index contributed by atoms with van der Waals surface area (Å²) in [5.74, 6) is -0.0164. The molecular weight excluding hydrogens is 358 g/mol. The van der Waals surface area contributed by atoms with Crippen LogP contribution in [0.25, 0.3) is 0 Å². The molecule has 0 spiro atoms. The largest absolute Gasteiger partial charge is 0.403 e. The Bertz CT molecular complexity index is 361. The predicted octanol–water partition coefficient (Wildman–Crippen LogP) is 1.30. The highest BCUT2D eigenvalue weighted by atomic mass is 35.5. The molecule has 1 N–H and O–H groups in total. The highest BCUT2D eigenvalue weighted by Gasteiger charge is 2.41. The number of rotatable bonds is 3. The smallest absolute Gasteiger partial charge is 0.378 e. The van der Waals surface area contributed by atoms with Gasteiger partial charge < -0.3 is 15.0 Å². The Morgan fingerprint density at radius 3 is 2.35 bits per heavy atom. The van der Waals surface area contributed by atoms with E-state index in [0.29, 0.717) is 32.7 Å². The first-order valence-corrected chi connectivity index (χ1v) is 7.27. The van der Waals surface area contributed by atoms with Crippen LogP contribution in [0.15, 0.2) is 0 Å². The number of nitrogens with one attached hydrogen (secondary N) is 1. The SMILES string of the molecule is CC(N1CCN(C(=O)CC2COCCN2)CC1)C(F)(F)F.Cl.Cl. The van der Waals surface area contributed by atoms with Crippen molar-refractivity contribution in [1.29, 1.82) is 0 Å². The van der Waals surface area contributed by atoms with Gasteiger partial charge in [-0.2, -0.15) is 13.2 Å². The molecule has 0 saturated carbocycles. The van der Waals surface area contributed by atoms with Gasteiger partial charge in [-0.25, -0.2) is 0 Å².